The molecule has 100 valence electrons. The first kappa shape index (κ1) is 15.4. The van der Waals surface area contributed by atoms with Crippen LogP contribution in [-0.2, 0) is 4.79 Å². The highest BCUT2D eigenvalue weighted by atomic mass is 127. The van der Waals surface area contributed by atoms with Crippen LogP contribution in [-0.4, -0.2) is 29.1 Å². The molecular formula is C14H20INO2. The first-order chi connectivity index (χ1) is 8.40. The van der Waals surface area contributed by atoms with E-state index in [2.05, 4.69) is 67.6 Å². The van der Waals surface area contributed by atoms with Gasteiger partial charge in [0, 0.05) is 16.2 Å². The Morgan fingerprint density at radius 2 is 1.83 bits per heavy atom. The molecule has 1 rings (SSSR count). The van der Waals surface area contributed by atoms with Gasteiger partial charge in [0.15, 0.2) is 0 Å². The Morgan fingerprint density at radius 1 is 1.28 bits per heavy atom. The van der Waals surface area contributed by atoms with Gasteiger partial charge in [0.2, 0.25) is 0 Å². The van der Waals surface area contributed by atoms with E-state index in [1.165, 1.54) is 3.57 Å². The average Bonchev–Trinajstić information content (AvgIpc) is 2.27. The third-order valence-corrected chi connectivity index (χ3v) is 3.56. The summed E-state index contributed by atoms with van der Waals surface area (Å²) in [5.41, 5.74) is 1.16. The minimum absolute atomic E-state index is 0.0886. The van der Waals surface area contributed by atoms with Gasteiger partial charge in [-0.05, 0) is 53.1 Å². The Labute approximate surface area is 122 Å². The maximum Gasteiger partial charge on any atom is 0.317 e. The van der Waals surface area contributed by atoms with Crippen molar-refractivity contribution in [1.29, 1.82) is 0 Å². The molecule has 1 unspecified atom stereocenters. The van der Waals surface area contributed by atoms with Crippen LogP contribution in [0.25, 0.3) is 0 Å². The molecule has 0 bridgehead atoms. The molecule has 4 heteroatoms. The van der Waals surface area contributed by atoms with Crippen molar-refractivity contribution in [3.05, 3.63) is 33.4 Å². The third kappa shape index (κ3) is 4.94. The van der Waals surface area contributed by atoms with Gasteiger partial charge in [-0.3, -0.25) is 9.69 Å². The number of hydrogen-bond acceptors (Lipinski definition) is 2. The minimum Gasteiger partial charge on any atom is -0.480 e. The second-order valence-corrected chi connectivity index (χ2v) is 6.19. The van der Waals surface area contributed by atoms with Crippen LogP contribution in [0.4, 0.5) is 0 Å². The third-order valence-electron chi connectivity index (χ3n) is 2.84. The minimum atomic E-state index is -0.770. The fourth-order valence-electron chi connectivity index (χ4n) is 1.95. The maximum atomic E-state index is 10.9. The van der Waals surface area contributed by atoms with Crippen LogP contribution in [0.15, 0.2) is 24.3 Å². The Morgan fingerprint density at radius 3 is 2.28 bits per heavy atom. The van der Waals surface area contributed by atoms with Gasteiger partial charge in [0.1, 0.15) is 0 Å². The normalized spacial score (nSPS) is 13.0. The van der Waals surface area contributed by atoms with Gasteiger partial charge in [-0.1, -0.05) is 26.0 Å². The summed E-state index contributed by atoms with van der Waals surface area (Å²) < 4.78 is 1.19. The van der Waals surface area contributed by atoms with E-state index < -0.39 is 5.97 Å². The molecule has 0 saturated carbocycles. The standard InChI is InChI=1S/C14H20INO2/c1-10(2)8-16(9-14(17)18)11(3)12-4-6-13(15)7-5-12/h4-7,10-11H,8-9H2,1-3H3,(H,17,18). The molecule has 1 atom stereocenters. The van der Waals surface area contributed by atoms with E-state index in [0.717, 1.165) is 12.1 Å². The summed E-state index contributed by atoms with van der Waals surface area (Å²) in [6.45, 7) is 7.16. The van der Waals surface area contributed by atoms with Gasteiger partial charge in [0.25, 0.3) is 0 Å². The van der Waals surface area contributed by atoms with E-state index >= 15 is 0 Å². The lowest BCUT2D eigenvalue weighted by molar-refractivity contribution is -0.139. The van der Waals surface area contributed by atoms with E-state index in [1.807, 2.05) is 4.90 Å². The Bertz CT molecular complexity index is 389. The zero-order chi connectivity index (χ0) is 13.7. The fourth-order valence-corrected chi connectivity index (χ4v) is 2.31. The van der Waals surface area contributed by atoms with Crippen LogP contribution in [0.5, 0.6) is 0 Å². The predicted molar refractivity (Wildman–Crippen MR) is 81.6 cm³/mol. The van der Waals surface area contributed by atoms with E-state index in [9.17, 15) is 4.79 Å². The van der Waals surface area contributed by atoms with Crippen molar-refractivity contribution in [3.8, 4) is 0 Å². The summed E-state index contributed by atoms with van der Waals surface area (Å²) >= 11 is 2.27. The van der Waals surface area contributed by atoms with Gasteiger partial charge in [-0.15, -0.1) is 0 Å². The molecule has 0 saturated heterocycles. The summed E-state index contributed by atoms with van der Waals surface area (Å²) in [7, 11) is 0. The van der Waals surface area contributed by atoms with Crippen LogP contribution in [0, 0.1) is 9.49 Å². The summed E-state index contributed by atoms with van der Waals surface area (Å²) in [5.74, 6) is -0.316. The molecule has 0 aliphatic carbocycles. The van der Waals surface area contributed by atoms with Gasteiger partial charge in [-0.25, -0.2) is 0 Å². The summed E-state index contributed by atoms with van der Waals surface area (Å²) in [5, 5.41) is 8.99. The molecule has 0 fully saturated rings. The molecule has 0 spiro atoms. The molecule has 1 aromatic carbocycles. The van der Waals surface area contributed by atoms with Crippen LogP contribution in [0.2, 0.25) is 0 Å². The zero-order valence-corrected chi connectivity index (χ0v) is 13.2. The molecule has 18 heavy (non-hydrogen) atoms. The number of carbonyl (C=O) groups is 1. The van der Waals surface area contributed by atoms with E-state index in [0.29, 0.717) is 5.92 Å². The highest BCUT2D eigenvalue weighted by Gasteiger charge is 2.19. The zero-order valence-electron chi connectivity index (χ0n) is 11.1. The molecule has 1 aromatic rings. The Hall–Kier alpha value is -0.620. The Balaban J connectivity index is 2.83. The van der Waals surface area contributed by atoms with E-state index in [1.54, 1.807) is 0 Å². The lowest BCUT2D eigenvalue weighted by Crippen LogP contribution is -2.35. The number of nitrogens with zero attached hydrogens (tertiary/aromatic N) is 1. The first-order valence-electron chi connectivity index (χ1n) is 6.11. The number of aliphatic carboxylic acids is 1. The fraction of sp³-hybridized carbons (Fsp3) is 0.500. The van der Waals surface area contributed by atoms with Gasteiger partial charge >= 0.3 is 5.97 Å². The summed E-state index contributed by atoms with van der Waals surface area (Å²) in [6, 6.07) is 8.38. The molecule has 1 N–H and O–H groups in total. The molecule has 3 nitrogen and oxygen atoms in total. The van der Waals surface area contributed by atoms with E-state index in [4.69, 9.17) is 5.11 Å². The second kappa shape index (κ2) is 7.09. The molecule has 0 aliphatic rings. The van der Waals surface area contributed by atoms with Crippen molar-refractivity contribution in [3.63, 3.8) is 0 Å². The quantitative estimate of drug-likeness (QED) is 0.790. The molecule has 0 aromatic heterocycles. The second-order valence-electron chi connectivity index (χ2n) is 4.94. The molecule has 0 aliphatic heterocycles. The monoisotopic (exact) mass is 361 g/mol. The Kier molecular flexibility index (Phi) is 6.08. The van der Waals surface area contributed by atoms with Crippen molar-refractivity contribution in [2.45, 2.75) is 26.8 Å². The van der Waals surface area contributed by atoms with Crippen molar-refractivity contribution in [2.24, 2.45) is 5.92 Å². The summed E-state index contributed by atoms with van der Waals surface area (Å²) in [4.78, 5) is 12.9. The van der Waals surface area contributed by atoms with Crippen molar-refractivity contribution < 1.29 is 9.90 Å². The van der Waals surface area contributed by atoms with E-state index in [-0.39, 0.29) is 12.6 Å². The number of carboxylic acid groups (broad SMARTS) is 1. The van der Waals surface area contributed by atoms with Gasteiger partial charge in [0.05, 0.1) is 6.54 Å². The first-order valence-corrected chi connectivity index (χ1v) is 7.19. The van der Waals surface area contributed by atoms with Crippen LogP contribution >= 0.6 is 22.6 Å². The smallest absolute Gasteiger partial charge is 0.317 e. The number of carboxylic acids is 1. The highest BCUT2D eigenvalue weighted by Crippen LogP contribution is 2.22. The SMILES string of the molecule is CC(C)CN(CC(=O)O)C(C)c1ccc(I)cc1. The topological polar surface area (TPSA) is 40.5 Å². The molecule has 0 amide bonds. The average molecular weight is 361 g/mol. The van der Waals surface area contributed by atoms with Gasteiger partial charge in [-0.2, -0.15) is 0 Å². The van der Waals surface area contributed by atoms with Crippen LogP contribution in [0.1, 0.15) is 32.4 Å². The molecule has 0 heterocycles. The number of halogens is 1. The van der Waals surface area contributed by atoms with Crippen molar-refractivity contribution in [1.82, 2.24) is 4.90 Å². The lowest BCUT2D eigenvalue weighted by atomic mass is 10.1. The number of hydrogen-bond donors (Lipinski definition) is 1. The maximum absolute atomic E-state index is 10.9. The largest absolute Gasteiger partial charge is 0.480 e. The summed E-state index contributed by atoms with van der Waals surface area (Å²) in [6.07, 6.45) is 0. The lowest BCUT2D eigenvalue weighted by Gasteiger charge is -2.29. The van der Waals surface area contributed by atoms with Crippen LogP contribution in [0.3, 0.4) is 0 Å². The predicted octanol–water partition coefficient (Wildman–Crippen LogP) is 3.39. The molecular weight excluding hydrogens is 341 g/mol. The highest BCUT2D eigenvalue weighted by molar-refractivity contribution is 14.1. The van der Waals surface area contributed by atoms with Crippen LogP contribution < -0.4 is 0 Å². The number of rotatable bonds is 6. The number of benzene rings is 1. The van der Waals surface area contributed by atoms with Gasteiger partial charge < -0.3 is 5.11 Å². The molecule has 0 radical (unpaired) electrons. The van der Waals surface area contributed by atoms with Crippen molar-refractivity contribution >= 4 is 28.6 Å². The van der Waals surface area contributed by atoms with Crippen molar-refractivity contribution in [2.75, 3.05) is 13.1 Å².